The first kappa shape index (κ1) is 23.3. The fourth-order valence-corrected chi connectivity index (χ4v) is 4.32. The number of hydrogen-bond donors (Lipinski definition) is 1. The zero-order valence-corrected chi connectivity index (χ0v) is 19.4. The fraction of sp³-hybridized carbons (Fsp3) is 0.519. The van der Waals surface area contributed by atoms with Gasteiger partial charge in [0.15, 0.2) is 0 Å². The summed E-state index contributed by atoms with van der Waals surface area (Å²) in [6.45, 7) is 10.5. The molecule has 2 heterocycles. The van der Waals surface area contributed by atoms with Crippen molar-refractivity contribution in [2.45, 2.75) is 58.8 Å². The van der Waals surface area contributed by atoms with Crippen molar-refractivity contribution >= 4 is 11.7 Å². The van der Waals surface area contributed by atoms with Gasteiger partial charge in [-0.05, 0) is 66.0 Å². The normalized spacial score (nSPS) is 16.5. The topological polar surface area (TPSA) is 60.0 Å². The lowest BCUT2D eigenvalue weighted by atomic mass is 9.91. The van der Waals surface area contributed by atoms with Crippen LogP contribution in [-0.4, -0.2) is 32.1 Å². The van der Waals surface area contributed by atoms with Crippen molar-refractivity contribution in [3.63, 3.8) is 0 Å². The molecule has 0 aliphatic carbocycles. The molecule has 0 spiro atoms. The fourth-order valence-electron chi connectivity index (χ4n) is 4.32. The number of benzene rings is 2. The van der Waals surface area contributed by atoms with Gasteiger partial charge < -0.3 is 20.1 Å². The van der Waals surface area contributed by atoms with Gasteiger partial charge in [0.05, 0.1) is 13.1 Å². The summed E-state index contributed by atoms with van der Waals surface area (Å²) in [5.41, 5.74) is 6.32. The predicted molar refractivity (Wildman–Crippen MR) is 126 cm³/mol. The van der Waals surface area contributed by atoms with E-state index in [2.05, 4.69) is 73.5 Å². The van der Waals surface area contributed by atoms with Crippen LogP contribution in [0.1, 0.15) is 63.5 Å². The SMILES string of the molecule is C1CC[NH2+]CC1.CCCc1ccc(C(C)C)cc1-c1cccc(N2CC(C(=O)[O-])C2)c1. The van der Waals surface area contributed by atoms with Crippen LogP contribution < -0.4 is 15.3 Å². The summed E-state index contributed by atoms with van der Waals surface area (Å²) in [6, 6.07) is 15.3. The summed E-state index contributed by atoms with van der Waals surface area (Å²) in [5, 5.41) is 13.3. The monoisotopic (exact) mass is 422 g/mol. The van der Waals surface area contributed by atoms with E-state index in [4.69, 9.17) is 0 Å². The lowest BCUT2D eigenvalue weighted by Crippen LogP contribution is -2.85. The van der Waals surface area contributed by atoms with Crippen LogP contribution in [0.3, 0.4) is 0 Å². The van der Waals surface area contributed by atoms with Gasteiger partial charge in [0.2, 0.25) is 0 Å². The van der Waals surface area contributed by atoms with Crippen LogP contribution in [0.4, 0.5) is 5.69 Å². The molecule has 31 heavy (non-hydrogen) atoms. The molecule has 0 atom stereocenters. The van der Waals surface area contributed by atoms with Crippen LogP contribution in [0.2, 0.25) is 0 Å². The van der Waals surface area contributed by atoms with E-state index in [1.54, 1.807) is 0 Å². The van der Waals surface area contributed by atoms with Crippen molar-refractivity contribution < 1.29 is 15.2 Å². The zero-order valence-electron chi connectivity index (χ0n) is 19.4. The molecule has 4 heteroatoms. The molecule has 2 aromatic carbocycles. The Morgan fingerprint density at radius 1 is 1.10 bits per heavy atom. The number of rotatable bonds is 6. The number of anilines is 1. The van der Waals surface area contributed by atoms with Crippen LogP contribution in [0.15, 0.2) is 42.5 Å². The Hall–Kier alpha value is -2.33. The molecule has 2 saturated heterocycles. The van der Waals surface area contributed by atoms with Crippen molar-refractivity contribution in [2.75, 3.05) is 31.1 Å². The Kier molecular flexibility index (Phi) is 8.53. The van der Waals surface area contributed by atoms with Crippen LogP contribution in [-0.2, 0) is 11.2 Å². The number of carbonyl (C=O) groups is 1. The second-order valence-corrected chi connectivity index (χ2v) is 9.22. The maximum Gasteiger partial charge on any atom is 0.0755 e. The molecule has 0 unspecified atom stereocenters. The van der Waals surface area contributed by atoms with Gasteiger partial charge in [-0.25, -0.2) is 0 Å². The van der Waals surface area contributed by atoms with Crippen molar-refractivity contribution in [2.24, 2.45) is 5.92 Å². The third-order valence-corrected chi connectivity index (χ3v) is 6.37. The smallest absolute Gasteiger partial charge is 0.0755 e. The molecule has 0 saturated carbocycles. The highest BCUT2D eigenvalue weighted by atomic mass is 16.4. The third kappa shape index (κ3) is 6.33. The quantitative estimate of drug-likeness (QED) is 0.777. The molecular formula is C27H38N2O2. The standard InChI is InChI=1S/C22H27NO2.C5H11N/c1-4-6-16-9-10-17(15(2)3)12-21(16)18-7-5-8-20(11-18)23-13-19(14-23)22(24)25;1-2-4-6-5-3-1/h5,7-12,15,19H,4,6,13-14H2,1-3H3,(H,24,25);6H,1-5H2. The number of aliphatic carboxylic acids is 1. The van der Waals surface area contributed by atoms with E-state index >= 15 is 0 Å². The van der Waals surface area contributed by atoms with Crippen molar-refractivity contribution in [1.29, 1.82) is 0 Å². The van der Waals surface area contributed by atoms with Gasteiger partial charge >= 0.3 is 0 Å². The third-order valence-electron chi connectivity index (χ3n) is 6.37. The first-order chi connectivity index (χ1) is 15.0. The number of quaternary nitrogens is 1. The second-order valence-electron chi connectivity index (χ2n) is 9.22. The predicted octanol–water partition coefficient (Wildman–Crippen LogP) is 3.35. The number of hydrogen-bond acceptors (Lipinski definition) is 3. The van der Waals surface area contributed by atoms with E-state index in [9.17, 15) is 9.90 Å². The summed E-state index contributed by atoms with van der Waals surface area (Å²) in [5.74, 6) is -0.789. The molecule has 2 aliphatic heterocycles. The summed E-state index contributed by atoms with van der Waals surface area (Å²) in [6.07, 6.45) is 6.54. The van der Waals surface area contributed by atoms with Crippen LogP contribution in [0.25, 0.3) is 11.1 Å². The Labute approximate surface area is 187 Å². The van der Waals surface area contributed by atoms with Crippen molar-refractivity contribution in [3.05, 3.63) is 53.6 Å². The first-order valence-corrected chi connectivity index (χ1v) is 12.0. The molecule has 2 aromatic rings. The number of carbonyl (C=O) groups excluding carboxylic acids is 1. The van der Waals surface area contributed by atoms with E-state index in [-0.39, 0.29) is 5.92 Å². The molecule has 4 nitrogen and oxygen atoms in total. The summed E-state index contributed by atoms with van der Waals surface area (Å²) < 4.78 is 0. The lowest BCUT2D eigenvalue weighted by molar-refractivity contribution is -0.662. The zero-order chi connectivity index (χ0) is 22.2. The molecule has 2 N–H and O–H groups in total. The van der Waals surface area contributed by atoms with Crippen molar-refractivity contribution in [1.82, 2.24) is 0 Å². The maximum absolute atomic E-state index is 10.9. The highest BCUT2D eigenvalue weighted by molar-refractivity contribution is 5.75. The van der Waals surface area contributed by atoms with E-state index in [0.717, 1.165) is 18.5 Å². The molecule has 168 valence electrons. The summed E-state index contributed by atoms with van der Waals surface area (Å²) >= 11 is 0. The highest BCUT2D eigenvalue weighted by Gasteiger charge is 2.27. The van der Waals surface area contributed by atoms with E-state index in [1.807, 2.05) is 0 Å². The number of carboxylic acids is 1. The molecule has 0 radical (unpaired) electrons. The molecule has 4 rings (SSSR count). The second kappa shape index (κ2) is 11.3. The van der Waals surface area contributed by atoms with Crippen LogP contribution in [0.5, 0.6) is 0 Å². The molecular weight excluding hydrogens is 384 g/mol. The molecule has 2 fully saturated rings. The number of nitrogens with two attached hydrogens (primary N) is 1. The number of aryl methyl sites for hydroxylation is 1. The van der Waals surface area contributed by atoms with E-state index in [1.165, 1.54) is 54.6 Å². The van der Waals surface area contributed by atoms with Gasteiger partial charge in [-0.3, -0.25) is 0 Å². The van der Waals surface area contributed by atoms with Gasteiger partial charge in [-0.2, -0.15) is 0 Å². The molecule has 2 aliphatic rings. The lowest BCUT2D eigenvalue weighted by Gasteiger charge is -2.41. The minimum absolute atomic E-state index is 0.344. The minimum atomic E-state index is -0.942. The van der Waals surface area contributed by atoms with Gasteiger partial charge in [-0.1, -0.05) is 57.5 Å². The van der Waals surface area contributed by atoms with Crippen LogP contribution >= 0.6 is 0 Å². The Morgan fingerprint density at radius 3 is 2.39 bits per heavy atom. The van der Waals surface area contributed by atoms with Crippen LogP contribution in [0, 0.1) is 5.92 Å². The Balaban J connectivity index is 0.000000391. The summed E-state index contributed by atoms with van der Waals surface area (Å²) in [7, 11) is 0. The molecule has 0 aromatic heterocycles. The van der Waals surface area contributed by atoms with Gasteiger partial charge in [0.1, 0.15) is 0 Å². The highest BCUT2D eigenvalue weighted by Crippen LogP contribution is 2.33. The summed E-state index contributed by atoms with van der Waals surface area (Å²) in [4.78, 5) is 13.0. The Bertz CT molecular complexity index is 841. The minimum Gasteiger partial charge on any atom is -0.550 e. The van der Waals surface area contributed by atoms with Gasteiger partial charge in [0.25, 0.3) is 0 Å². The van der Waals surface area contributed by atoms with Gasteiger partial charge in [0, 0.05) is 30.7 Å². The number of nitrogens with zero attached hydrogens (tertiary/aromatic N) is 1. The van der Waals surface area contributed by atoms with Crippen molar-refractivity contribution in [3.8, 4) is 11.1 Å². The van der Waals surface area contributed by atoms with E-state index < -0.39 is 5.97 Å². The maximum atomic E-state index is 10.9. The average Bonchev–Trinajstić information content (AvgIpc) is 2.75. The number of piperidine rings is 1. The molecule has 0 bridgehead atoms. The molecule has 0 amide bonds. The van der Waals surface area contributed by atoms with Gasteiger partial charge in [-0.15, -0.1) is 0 Å². The largest absolute Gasteiger partial charge is 0.550 e. The van der Waals surface area contributed by atoms with E-state index in [0.29, 0.717) is 19.0 Å². The first-order valence-electron chi connectivity index (χ1n) is 12.0. The average molecular weight is 423 g/mol. The number of carboxylic acid groups (broad SMARTS) is 1. The Morgan fingerprint density at radius 2 is 1.84 bits per heavy atom.